The standard InChI is InChI=1S/C12H21N3O2/c1-12(2,16-3)8-11-15-14-10(17-11)6-7-13-9-4-5-9/h9,13H,4-8H2,1-3H3. The van der Waals surface area contributed by atoms with Gasteiger partial charge in [-0.25, -0.2) is 0 Å². The van der Waals surface area contributed by atoms with Crippen LogP contribution >= 0.6 is 0 Å². The van der Waals surface area contributed by atoms with Gasteiger partial charge in [0.25, 0.3) is 0 Å². The third-order valence-electron chi connectivity index (χ3n) is 2.99. The Hall–Kier alpha value is -0.940. The molecule has 0 spiro atoms. The number of nitrogens with zero attached hydrogens (tertiary/aromatic N) is 2. The van der Waals surface area contributed by atoms with Crippen LogP contribution < -0.4 is 5.32 Å². The first-order chi connectivity index (χ1) is 8.09. The maximum absolute atomic E-state index is 5.58. The maximum atomic E-state index is 5.58. The predicted molar refractivity (Wildman–Crippen MR) is 63.8 cm³/mol. The van der Waals surface area contributed by atoms with Gasteiger partial charge in [0.05, 0.1) is 12.0 Å². The van der Waals surface area contributed by atoms with Gasteiger partial charge in [-0.3, -0.25) is 0 Å². The third kappa shape index (κ3) is 4.09. The number of rotatable bonds is 7. The van der Waals surface area contributed by atoms with Crippen LogP contribution in [0, 0.1) is 0 Å². The third-order valence-corrected chi connectivity index (χ3v) is 2.99. The molecule has 0 unspecified atom stereocenters. The van der Waals surface area contributed by atoms with Gasteiger partial charge < -0.3 is 14.5 Å². The van der Waals surface area contributed by atoms with Crippen LogP contribution in [0.25, 0.3) is 0 Å². The SMILES string of the molecule is COC(C)(C)Cc1nnc(CCNC2CC2)o1. The molecule has 1 aliphatic carbocycles. The predicted octanol–water partition coefficient (Wildman–Crippen LogP) is 1.33. The van der Waals surface area contributed by atoms with E-state index in [1.165, 1.54) is 12.8 Å². The van der Waals surface area contributed by atoms with Crippen LogP contribution in [-0.4, -0.2) is 35.5 Å². The van der Waals surface area contributed by atoms with Crippen LogP contribution in [0.3, 0.4) is 0 Å². The Morgan fingerprint density at radius 2 is 2.06 bits per heavy atom. The van der Waals surface area contributed by atoms with Crippen molar-refractivity contribution >= 4 is 0 Å². The lowest BCUT2D eigenvalue weighted by molar-refractivity contribution is 0.0179. The van der Waals surface area contributed by atoms with E-state index in [4.69, 9.17) is 9.15 Å². The van der Waals surface area contributed by atoms with Crippen molar-refractivity contribution in [3.63, 3.8) is 0 Å². The van der Waals surface area contributed by atoms with E-state index in [9.17, 15) is 0 Å². The molecule has 0 saturated heterocycles. The minimum atomic E-state index is -0.254. The van der Waals surface area contributed by atoms with Crippen LogP contribution in [0.15, 0.2) is 4.42 Å². The molecule has 5 heteroatoms. The van der Waals surface area contributed by atoms with E-state index in [1.54, 1.807) is 7.11 Å². The van der Waals surface area contributed by atoms with Crippen molar-refractivity contribution in [2.24, 2.45) is 0 Å². The molecule has 96 valence electrons. The first kappa shape index (κ1) is 12.5. The van der Waals surface area contributed by atoms with Gasteiger partial charge in [0.1, 0.15) is 0 Å². The van der Waals surface area contributed by atoms with Gasteiger partial charge >= 0.3 is 0 Å². The van der Waals surface area contributed by atoms with Crippen molar-refractivity contribution in [3.05, 3.63) is 11.8 Å². The summed E-state index contributed by atoms with van der Waals surface area (Å²) in [7, 11) is 1.69. The molecule has 1 N–H and O–H groups in total. The second-order valence-electron chi connectivity index (χ2n) is 5.21. The van der Waals surface area contributed by atoms with E-state index >= 15 is 0 Å². The number of aromatic nitrogens is 2. The first-order valence-corrected chi connectivity index (χ1v) is 6.19. The highest BCUT2D eigenvalue weighted by atomic mass is 16.5. The van der Waals surface area contributed by atoms with Gasteiger partial charge in [-0.1, -0.05) is 0 Å². The summed E-state index contributed by atoms with van der Waals surface area (Å²) < 4.78 is 10.9. The lowest BCUT2D eigenvalue weighted by Gasteiger charge is -2.20. The summed E-state index contributed by atoms with van der Waals surface area (Å²) in [5.74, 6) is 1.36. The molecule has 17 heavy (non-hydrogen) atoms. The van der Waals surface area contributed by atoms with E-state index in [1.807, 2.05) is 13.8 Å². The van der Waals surface area contributed by atoms with Crippen LogP contribution in [0.1, 0.15) is 38.5 Å². The van der Waals surface area contributed by atoms with Gasteiger partial charge in [-0.05, 0) is 26.7 Å². The first-order valence-electron chi connectivity index (χ1n) is 6.19. The van der Waals surface area contributed by atoms with Crippen molar-refractivity contribution in [3.8, 4) is 0 Å². The zero-order valence-electron chi connectivity index (χ0n) is 10.8. The molecule has 1 aromatic rings. The molecule has 1 aromatic heterocycles. The Balaban J connectivity index is 1.78. The van der Waals surface area contributed by atoms with Crippen molar-refractivity contribution < 1.29 is 9.15 Å². The average Bonchev–Trinajstić information content (AvgIpc) is 3.00. The zero-order chi connectivity index (χ0) is 12.3. The summed E-state index contributed by atoms with van der Waals surface area (Å²) in [6, 6.07) is 0.727. The molecular weight excluding hydrogens is 218 g/mol. The summed E-state index contributed by atoms with van der Waals surface area (Å²) >= 11 is 0. The summed E-state index contributed by atoms with van der Waals surface area (Å²) in [5.41, 5.74) is -0.254. The summed E-state index contributed by atoms with van der Waals surface area (Å²) in [6.07, 6.45) is 4.05. The van der Waals surface area contributed by atoms with Crippen LogP contribution in [0.5, 0.6) is 0 Å². The fourth-order valence-corrected chi connectivity index (χ4v) is 1.57. The quantitative estimate of drug-likeness (QED) is 0.778. The number of ether oxygens (including phenoxy) is 1. The Labute approximate surface area is 102 Å². The number of nitrogens with one attached hydrogen (secondary N) is 1. The summed E-state index contributed by atoms with van der Waals surface area (Å²) in [6.45, 7) is 4.93. The molecule has 1 fully saturated rings. The Morgan fingerprint density at radius 3 is 2.71 bits per heavy atom. The molecule has 0 amide bonds. The zero-order valence-corrected chi connectivity index (χ0v) is 10.8. The second kappa shape index (κ2) is 5.14. The molecule has 1 saturated carbocycles. The van der Waals surface area contributed by atoms with Gasteiger partial charge in [-0.15, -0.1) is 10.2 Å². The summed E-state index contributed by atoms with van der Waals surface area (Å²) in [5, 5.41) is 11.5. The van der Waals surface area contributed by atoms with Crippen molar-refractivity contribution in [1.82, 2.24) is 15.5 Å². The Kier molecular flexibility index (Phi) is 3.79. The highest BCUT2D eigenvalue weighted by Crippen LogP contribution is 2.18. The normalized spacial score (nSPS) is 16.4. The molecule has 1 heterocycles. The van der Waals surface area contributed by atoms with Crippen molar-refractivity contribution in [1.29, 1.82) is 0 Å². The van der Waals surface area contributed by atoms with E-state index in [0.717, 1.165) is 19.0 Å². The maximum Gasteiger partial charge on any atom is 0.219 e. The van der Waals surface area contributed by atoms with E-state index in [-0.39, 0.29) is 5.60 Å². The lowest BCUT2D eigenvalue weighted by atomic mass is 10.1. The highest BCUT2D eigenvalue weighted by Gasteiger charge is 2.22. The van der Waals surface area contributed by atoms with E-state index < -0.39 is 0 Å². The Bertz CT molecular complexity index is 358. The molecule has 0 bridgehead atoms. The molecule has 0 aliphatic heterocycles. The van der Waals surface area contributed by atoms with Gasteiger partial charge in [0.2, 0.25) is 11.8 Å². The minimum absolute atomic E-state index is 0.254. The van der Waals surface area contributed by atoms with Gasteiger partial charge in [-0.2, -0.15) is 0 Å². The van der Waals surface area contributed by atoms with E-state index in [2.05, 4.69) is 15.5 Å². The van der Waals surface area contributed by atoms with Crippen molar-refractivity contribution in [2.45, 2.75) is 51.2 Å². The second-order valence-corrected chi connectivity index (χ2v) is 5.21. The minimum Gasteiger partial charge on any atom is -0.425 e. The number of hydrogen-bond acceptors (Lipinski definition) is 5. The fraction of sp³-hybridized carbons (Fsp3) is 0.833. The molecule has 5 nitrogen and oxygen atoms in total. The topological polar surface area (TPSA) is 60.2 Å². The molecule has 0 atom stereocenters. The Morgan fingerprint density at radius 1 is 1.35 bits per heavy atom. The molecule has 0 radical (unpaired) electrons. The molecular formula is C12H21N3O2. The number of methoxy groups -OCH3 is 1. The fourth-order valence-electron chi connectivity index (χ4n) is 1.57. The van der Waals surface area contributed by atoms with Crippen LogP contribution in [-0.2, 0) is 17.6 Å². The largest absolute Gasteiger partial charge is 0.425 e. The summed E-state index contributed by atoms with van der Waals surface area (Å²) in [4.78, 5) is 0. The van der Waals surface area contributed by atoms with Crippen LogP contribution in [0.2, 0.25) is 0 Å². The van der Waals surface area contributed by atoms with Gasteiger partial charge in [0, 0.05) is 26.1 Å². The number of hydrogen-bond donors (Lipinski definition) is 1. The van der Waals surface area contributed by atoms with Crippen LogP contribution in [0.4, 0.5) is 0 Å². The molecule has 0 aromatic carbocycles. The lowest BCUT2D eigenvalue weighted by Crippen LogP contribution is -2.25. The van der Waals surface area contributed by atoms with Crippen molar-refractivity contribution in [2.75, 3.05) is 13.7 Å². The molecule has 1 aliphatic rings. The average molecular weight is 239 g/mol. The smallest absolute Gasteiger partial charge is 0.219 e. The van der Waals surface area contributed by atoms with E-state index in [0.29, 0.717) is 18.2 Å². The monoisotopic (exact) mass is 239 g/mol. The molecule has 2 rings (SSSR count). The highest BCUT2D eigenvalue weighted by molar-refractivity contribution is 4.89. The van der Waals surface area contributed by atoms with Gasteiger partial charge in [0.15, 0.2) is 0 Å².